The predicted octanol–water partition coefficient (Wildman–Crippen LogP) is 0.893. The molecule has 1 aliphatic rings. The highest BCUT2D eigenvalue weighted by atomic mass is 16.4. The standard InChI is InChI=1S/C13H20N4O3/c1-13(2,8-3-4-8)17-12(20)16-10(11(18)19)5-9-6-14-7-15-9/h6-8,10H,3-5H2,1-2H3,(H,14,15)(H,18,19)(H2,16,17,20)/t10-/m0/s1. The van der Waals surface area contributed by atoms with Gasteiger partial charge in [0.05, 0.1) is 6.33 Å². The van der Waals surface area contributed by atoms with Gasteiger partial charge in [-0.25, -0.2) is 14.6 Å². The summed E-state index contributed by atoms with van der Waals surface area (Å²) in [4.78, 5) is 29.8. The summed E-state index contributed by atoms with van der Waals surface area (Å²) in [5.41, 5.74) is 0.361. The molecule has 2 amide bonds. The first-order valence-electron chi connectivity index (χ1n) is 6.67. The first-order valence-corrected chi connectivity index (χ1v) is 6.67. The van der Waals surface area contributed by atoms with E-state index in [1.54, 1.807) is 6.20 Å². The van der Waals surface area contributed by atoms with Gasteiger partial charge in [0.25, 0.3) is 0 Å². The van der Waals surface area contributed by atoms with Crippen molar-refractivity contribution < 1.29 is 14.7 Å². The second kappa shape index (κ2) is 5.52. The van der Waals surface area contributed by atoms with E-state index in [-0.39, 0.29) is 12.0 Å². The van der Waals surface area contributed by atoms with Crippen molar-refractivity contribution >= 4 is 12.0 Å². The molecule has 110 valence electrons. The number of imidazole rings is 1. The number of carbonyl (C=O) groups is 2. The molecule has 1 aromatic rings. The quantitative estimate of drug-likeness (QED) is 0.620. The molecule has 1 fully saturated rings. The van der Waals surface area contributed by atoms with Gasteiger partial charge in [0.1, 0.15) is 6.04 Å². The second-order valence-corrected chi connectivity index (χ2v) is 5.77. The number of aromatic nitrogens is 2. The maximum atomic E-state index is 11.9. The van der Waals surface area contributed by atoms with Gasteiger partial charge >= 0.3 is 12.0 Å². The van der Waals surface area contributed by atoms with Crippen molar-refractivity contribution in [2.45, 2.75) is 44.7 Å². The van der Waals surface area contributed by atoms with E-state index in [1.807, 2.05) is 13.8 Å². The van der Waals surface area contributed by atoms with Gasteiger partial charge in [-0.1, -0.05) is 0 Å². The highest BCUT2D eigenvalue weighted by Gasteiger charge is 2.39. The van der Waals surface area contributed by atoms with Crippen LogP contribution in [0.5, 0.6) is 0 Å². The van der Waals surface area contributed by atoms with Crippen LogP contribution in [0.4, 0.5) is 4.79 Å². The Balaban J connectivity index is 1.90. The lowest BCUT2D eigenvalue weighted by Crippen LogP contribution is -2.54. The van der Waals surface area contributed by atoms with Crippen molar-refractivity contribution in [3.63, 3.8) is 0 Å². The molecule has 1 saturated carbocycles. The molecule has 7 heteroatoms. The van der Waals surface area contributed by atoms with Gasteiger partial charge < -0.3 is 20.7 Å². The lowest BCUT2D eigenvalue weighted by molar-refractivity contribution is -0.139. The average Bonchev–Trinajstić information content (AvgIpc) is 3.08. The summed E-state index contributed by atoms with van der Waals surface area (Å²) >= 11 is 0. The molecule has 2 rings (SSSR count). The fourth-order valence-electron chi connectivity index (χ4n) is 2.21. The number of H-pyrrole nitrogens is 1. The van der Waals surface area contributed by atoms with E-state index in [1.165, 1.54) is 6.33 Å². The maximum absolute atomic E-state index is 11.9. The molecule has 0 aliphatic heterocycles. The number of amides is 2. The zero-order valence-corrected chi connectivity index (χ0v) is 11.6. The number of aromatic amines is 1. The van der Waals surface area contributed by atoms with Gasteiger partial charge in [0.15, 0.2) is 0 Å². The number of carboxylic acid groups (broad SMARTS) is 1. The lowest BCUT2D eigenvalue weighted by Gasteiger charge is -2.27. The van der Waals surface area contributed by atoms with Crippen LogP contribution < -0.4 is 10.6 Å². The van der Waals surface area contributed by atoms with Crippen molar-refractivity contribution in [2.24, 2.45) is 5.92 Å². The minimum absolute atomic E-state index is 0.173. The third-order valence-corrected chi connectivity index (χ3v) is 3.62. The highest BCUT2D eigenvalue weighted by molar-refractivity contribution is 5.83. The van der Waals surface area contributed by atoms with Crippen molar-refractivity contribution in [1.29, 1.82) is 0 Å². The number of urea groups is 1. The van der Waals surface area contributed by atoms with Crippen LogP contribution in [0, 0.1) is 5.92 Å². The molecule has 0 saturated heterocycles. The van der Waals surface area contributed by atoms with Crippen LogP contribution in [0.25, 0.3) is 0 Å². The zero-order valence-electron chi connectivity index (χ0n) is 11.6. The molecule has 1 aromatic heterocycles. The highest BCUT2D eigenvalue weighted by Crippen LogP contribution is 2.39. The molecule has 1 heterocycles. The Morgan fingerprint density at radius 1 is 1.55 bits per heavy atom. The molecule has 1 aliphatic carbocycles. The number of hydrogen-bond donors (Lipinski definition) is 4. The summed E-state index contributed by atoms with van der Waals surface area (Å²) in [7, 11) is 0. The molecule has 0 unspecified atom stereocenters. The summed E-state index contributed by atoms with van der Waals surface area (Å²) in [5, 5.41) is 14.5. The Labute approximate surface area is 117 Å². The van der Waals surface area contributed by atoms with E-state index in [0.717, 1.165) is 12.8 Å². The molecule has 0 spiro atoms. The Kier molecular flexibility index (Phi) is 3.96. The normalized spacial score (nSPS) is 16.5. The van der Waals surface area contributed by atoms with Crippen molar-refractivity contribution in [2.75, 3.05) is 0 Å². The number of carbonyl (C=O) groups excluding carboxylic acids is 1. The molecule has 4 N–H and O–H groups in total. The monoisotopic (exact) mass is 280 g/mol. The Morgan fingerprint density at radius 2 is 2.25 bits per heavy atom. The van der Waals surface area contributed by atoms with Crippen molar-refractivity contribution in [3.8, 4) is 0 Å². The molecule has 0 aromatic carbocycles. The summed E-state index contributed by atoms with van der Waals surface area (Å²) in [6.45, 7) is 3.91. The average molecular weight is 280 g/mol. The van der Waals surface area contributed by atoms with Crippen molar-refractivity contribution in [3.05, 3.63) is 18.2 Å². The molecule has 7 nitrogen and oxygen atoms in total. The van der Waals surface area contributed by atoms with E-state index >= 15 is 0 Å². The van der Waals surface area contributed by atoms with E-state index in [2.05, 4.69) is 20.6 Å². The summed E-state index contributed by atoms with van der Waals surface area (Å²) < 4.78 is 0. The van der Waals surface area contributed by atoms with Gasteiger partial charge in [0, 0.05) is 23.9 Å². The van der Waals surface area contributed by atoms with Crippen LogP contribution in [-0.4, -0.2) is 38.7 Å². The fourth-order valence-corrected chi connectivity index (χ4v) is 2.21. The summed E-state index contributed by atoms with van der Waals surface area (Å²) in [6.07, 6.45) is 5.40. The largest absolute Gasteiger partial charge is 0.480 e. The number of aliphatic carboxylic acids is 1. The third kappa shape index (κ3) is 3.72. The molecule has 0 bridgehead atoms. The molecule has 1 atom stereocenters. The molecule has 0 radical (unpaired) electrons. The maximum Gasteiger partial charge on any atom is 0.326 e. The van der Waals surface area contributed by atoms with E-state index in [9.17, 15) is 9.59 Å². The number of rotatable bonds is 6. The minimum atomic E-state index is -1.07. The Morgan fingerprint density at radius 3 is 2.75 bits per heavy atom. The van der Waals surface area contributed by atoms with Gasteiger partial charge in [-0.15, -0.1) is 0 Å². The zero-order chi connectivity index (χ0) is 14.8. The minimum Gasteiger partial charge on any atom is -0.480 e. The summed E-state index contributed by atoms with van der Waals surface area (Å²) in [6, 6.07) is -1.43. The first-order chi connectivity index (χ1) is 9.38. The molecular weight excluding hydrogens is 260 g/mol. The lowest BCUT2D eigenvalue weighted by atomic mass is 9.99. The third-order valence-electron chi connectivity index (χ3n) is 3.62. The fraction of sp³-hybridized carbons (Fsp3) is 0.615. The van der Waals surface area contributed by atoms with Gasteiger partial charge in [-0.05, 0) is 32.6 Å². The van der Waals surface area contributed by atoms with Crippen LogP contribution in [0.1, 0.15) is 32.4 Å². The number of carboxylic acids is 1. The van der Waals surface area contributed by atoms with Crippen molar-refractivity contribution in [1.82, 2.24) is 20.6 Å². The first kappa shape index (κ1) is 14.4. The van der Waals surface area contributed by atoms with Gasteiger partial charge in [-0.2, -0.15) is 0 Å². The number of nitrogens with zero attached hydrogens (tertiary/aromatic N) is 1. The summed E-state index contributed by atoms with van der Waals surface area (Å²) in [5.74, 6) is -0.594. The van der Waals surface area contributed by atoms with Crippen LogP contribution in [-0.2, 0) is 11.2 Å². The smallest absolute Gasteiger partial charge is 0.326 e. The van der Waals surface area contributed by atoms with E-state index in [4.69, 9.17) is 5.11 Å². The SMILES string of the molecule is CC(C)(NC(=O)N[C@@H](Cc1cnc[nH]1)C(=O)O)C1CC1. The van der Waals surface area contributed by atoms with Gasteiger partial charge in [-0.3, -0.25) is 0 Å². The van der Waals surface area contributed by atoms with Crippen LogP contribution in [0.2, 0.25) is 0 Å². The number of hydrogen-bond acceptors (Lipinski definition) is 3. The van der Waals surface area contributed by atoms with Gasteiger partial charge in [0.2, 0.25) is 0 Å². The predicted molar refractivity (Wildman–Crippen MR) is 72.2 cm³/mol. The topological polar surface area (TPSA) is 107 Å². The number of nitrogens with one attached hydrogen (secondary N) is 3. The van der Waals surface area contributed by atoms with Crippen LogP contribution in [0.3, 0.4) is 0 Å². The molecular formula is C13H20N4O3. The Bertz CT molecular complexity index is 480. The second-order valence-electron chi connectivity index (χ2n) is 5.77. The van der Waals surface area contributed by atoms with Crippen LogP contribution in [0.15, 0.2) is 12.5 Å². The van der Waals surface area contributed by atoms with E-state index < -0.39 is 18.0 Å². The molecule has 20 heavy (non-hydrogen) atoms. The van der Waals surface area contributed by atoms with E-state index in [0.29, 0.717) is 11.6 Å². The van der Waals surface area contributed by atoms with Crippen LogP contribution >= 0.6 is 0 Å². The Hall–Kier alpha value is -2.05.